The second-order valence-corrected chi connectivity index (χ2v) is 17.8. The molecule has 0 saturated carbocycles. The Kier molecular flexibility index (Phi) is 14.4. The molecule has 3 saturated heterocycles. The first-order valence-corrected chi connectivity index (χ1v) is 21.2. The van der Waals surface area contributed by atoms with Gasteiger partial charge in [-0.05, 0) is 84.7 Å². The fourth-order valence-electron chi connectivity index (χ4n) is 9.27. The molecule has 1 unspecified atom stereocenters. The van der Waals surface area contributed by atoms with Crippen LogP contribution in [0.5, 0.6) is 0 Å². The number of carbonyl (C=O) groups excluding carboxylic acids is 3. The van der Waals surface area contributed by atoms with Crippen molar-refractivity contribution in [2.45, 2.75) is 141 Å². The molecule has 1 amide bonds. The maximum absolute atomic E-state index is 14.5. The number of aliphatic hydroxyl groups is 2. The number of aromatic nitrogens is 1. The monoisotopic (exact) mass is 857 g/mol. The highest BCUT2D eigenvalue weighted by Crippen LogP contribution is 2.40. The van der Waals surface area contributed by atoms with Crippen molar-refractivity contribution in [3.05, 3.63) is 23.8 Å². The lowest BCUT2D eigenvalue weighted by atomic mass is 9.73. The van der Waals surface area contributed by atoms with Crippen molar-refractivity contribution in [2.75, 3.05) is 39.6 Å². The zero-order valence-corrected chi connectivity index (χ0v) is 36.9. The number of aliphatic imine (C=N–C) groups is 1. The van der Waals surface area contributed by atoms with E-state index < -0.39 is 89.3 Å². The number of likely N-dealkylation sites (N-methyl/N-ethyl adjacent to an activating group) is 1. The molecule has 1 aromatic heterocycles. The van der Waals surface area contributed by atoms with E-state index in [9.17, 15) is 24.6 Å². The summed E-state index contributed by atoms with van der Waals surface area (Å²) in [5.74, 6) is -5.68. The minimum atomic E-state index is -1.86. The number of ether oxygens (including phenoxy) is 6. The van der Waals surface area contributed by atoms with Crippen LogP contribution in [0.1, 0.15) is 80.2 Å². The molecule has 2 aromatic rings. The second kappa shape index (κ2) is 18.8. The molecule has 18 heteroatoms. The van der Waals surface area contributed by atoms with Crippen LogP contribution in [-0.4, -0.2) is 143 Å². The van der Waals surface area contributed by atoms with Gasteiger partial charge >= 0.3 is 5.97 Å². The number of benzene rings is 1. The number of fused-ring (bicyclic) bond motifs is 5. The Balaban J connectivity index is 1.43. The molecule has 18 nitrogen and oxygen atoms in total. The van der Waals surface area contributed by atoms with Crippen LogP contribution in [0, 0.1) is 23.7 Å². The lowest BCUT2D eigenvalue weighted by Crippen LogP contribution is -2.60. The number of Topliss-reactive ketones (excluding diaryl/α,β-unsaturated/α-hetero) is 1. The van der Waals surface area contributed by atoms with Crippen molar-refractivity contribution in [3.8, 4) is 0 Å². The molecule has 14 atom stereocenters. The van der Waals surface area contributed by atoms with Crippen molar-refractivity contribution in [1.29, 1.82) is 0 Å². The van der Waals surface area contributed by atoms with Crippen LogP contribution < -0.4 is 5.73 Å². The van der Waals surface area contributed by atoms with Gasteiger partial charge in [0.2, 0.25) is 6.10 Å². The molecule has 3 fully saturated rings. The van der Waals surface area contributed by atoms with Gasteiger partial charge in [0.25, 0.3) is 11.9 Å². The van der Waals surface area contributed by atoms with Gasteiger partial charge in [-0.15, -0.1) is 0 Å². The highest BCUT2D eigenvalue weighted by atomic mass is 16.7. The van der Waals surface area contributed by atoms with Gasteiger partial charge in [-0.25, -0.2) is 4.99 Å². The van der Waals surface area contributed by atoms with Crippen LogP contribution in [0.25, 0.3) is 11.1 Å². The molecule has 338 valence electrons. The third kappa shape index (κ3) is 10.0. The van der Waals surface area contributed by atoms with Gasteiger partial charge < -0.3 is 58.5 Å². The summed E-state index contributed by atoms with van der Waals surface area (Å²) in [5, 5.41) is 28.4. The Morgan fingerprint density at radius 1 is 1.05 bits per heavy atom. The van der Waals surface area contributed by atoms with Gasteiger partial charge in [-0.2, -0.15) is 4.98 Å². The van der Waals surface area contributed by atoms with Gasteiger partial charge in [-0.1, -0.05) is 38.9 Å². The summed E-state index contributed by atoms with van der Waals surface area (Å²) >= 11 is 0. The number of aliphatic hydroxyl groups excluding tert-OH is 1. The summed E-state index contributed by atoms with van der Waals surface area (Å²) in [6.07, 6.45) is -6.46. The number of nitrogens with two attached hydrogens (primary N) is 1. The third-order valence-electron chi connectivity index (χ3n) is 12.7. The number of carbonyl (C=O) groups is 3. The number of esters is 1. The predicted octanol–water partition coefficient (Wildman–Crippen LogP) is 3.22. The summed E-state index contributed by atoms with van der Waals surface area (Å²) in [5.41, 5.74) is 4.80. The van der Waals surface area contributed by atoms with Crippen molar-refractivity contribution in [3.63, 3.8) is 0 Å². The van der Waals surface area contributed by atoms with E-state index in [-0.39, 0.29) is 63.1 Å². The molecule has 0 radical (unpaired) electrons. The van der Waals surface area contributed by atoms with Gasteiger partial charge in [0.05, 0.1) is 50.3 Å². The minimum absolute atomic E-state index is 0.0420. The first kappa shape index (κ1) is 46.6. The van der Waals surface area contributed by atoms with E-state index in [1.54, 1.807) is 45.9 Å². The topological polar surface area (TPSA) is 236 Å². The average Bonchev–Trinajstić information content (AvgIpc) is 3.57. The number of hydrogen-bond acceptors (Lipinski definition) is 17. The van der Waals surface area contributed by atoms with E-state index >= 15 is 0 Å². The molecule has 4 bridgehead atoms. The number of oxazole rings is 1. The summed E-state index contributed by atoms with van der Waals surface area (Å²) < 4.78 is 43.8. The number of amides is 1. The van der Waals surface area contributed by atoms with Gasteiger partial charge in [0, 0.05) is 23.6 Å². The quantitative estimate of drug-likeness (QED) is 0.255. The van der Waals surface area contributed by atoms with Crippen LogP contribution in [-0.2, 0) is 54.2 Å². The van der Waals surface area contributed by atoms with Crippen LogP contribution in [0.4, 0.5) is 6.01 Å². The zero-order valence-electron chi connectivity index (χ0n) is 36.9. The molecule has 6 rings (SSSR count). The van der Waals surface area contributed by atoms with E-state index in [2.05, 4.69) is 10.1 Å². The highest BCUT2D eigenvalue weighted by Gasteiger charge is 2.53. The number of hydrogen-bond donors (Lipinski definition) is 3. The molecular weight excluding hydrogens is 794 g/mol. The SMILES string of the molecule is CC[C@H]1OC(=O)[C@H](C)C(=O)[C@H](C)[C@@H](O[C@@H]2O[C@H](C)C[C@H](N(C)C)[C@H]2O)[C@@]2(C)C[C@@H](C)C3=NC(=O)C(COCc4ccc5nc(N)oc5c4)O/N=C(/CO[C@H]([C@H]3C)[C@]1(C)O)CO2. The molecule has 5 heterocycles. The molecule has 4 N–H and O–H groups in total. The van der Waals surface area contributed by atoms with Crippen molar-refractivity contribution >= 4 is 46.2 Å². The standard InChI is InChI=1S/C43H63N5O13/c1-11-32-43(8,53)37-23(4)33-21(2)16-42(7,36(24(5)34(49)25(6)39(52)59-32)60-40-35(50)29(48(9)10)14-22(3)57-40)56-19-27(18-55-37)47-61-31(38(51)46-33)20-54-17-26-12-13-28-30(15-26)58-41(44)45-28/h12-13,15,21-25,29,31-32,35-37,40,50,53H,11,14,16-20H2,1-10H3,(H2,44,45)/b46-33?,47-27-/t21-,22-,23+,24+,25-,29+,31?,32-,35-,36-,37-,40+,42-,43-/m1/s1. The molecule has 4 aliphatic rings. The third-order valence-corrected chi connectivity index (χ3v) is 12.7. The predicted molar refractivity (Wildman–Crippen MR) is 221 cm³/mol. The number of oxime groups is 1. The van der Waals surface area contributed by atoms with E-state index in [0.717, 1.165) is 5.56 Å². The number of rotatable bonds is 8. The van der Waals surface area contributed by atoms with Crippen LogP contribution >= 0.6 is 0 Å². The second-order valence-electron chi connectivity index (χ2n) is 17.8. The summed E-state index contributed by atoms with van der Waals surface area (Å²) in [6, 6.07) is 5.01. The van der Waals surface area contributed by atoms with Gasteiger partial charge in [0.15, 0.2) is 17.7 Å². The Hall–Kier alpha value is -3.88. The van der Waals surface area contributed by atoms with Gasteiger partial charge in [0.1, 0.15) is 35.0 Å². The van der Waals surface area contributed by atoms with E-state index in [4.69, 9.17) is 48.4 Å². The molecule has 4 aliphatic heterocycles. The lowest BCUT2D eigenvalue weighted by molar-refractivity contribution is -0.296. The zero-order chi connectivity index (χ0) is 44.6. The van der Waals surface area contributed by atoms with E-state index in [0.29, 0.717) is 23.2 Å². The number of anilines is 1. The van der Waals surface area contributed by atoms with Crippen LogP contribution in [0.15, 0.2) is 32.8 Å². The van der Waals surface area contributed by atoms with Crippen molar-refractivity contribution in [1.82, 2.24) is 9.88 Å². The summed E-state index contributed by atoms with van der Waals surface area (Å²) in [4.78, 5) is 59.3. The van der Waals surface area contributed by atoms with E-state index in [1.807, 2.05) is 32.8 Å². The Bertz CT molecular complexity index is 1970. The van der Waals surface area contributed by atoms with Crippen molar-refractivity contribution in [2.24, 2.45) is 33.8 Å². The Morgan fingerprint density at radius 2 is 1.79 bits per heavy atom. The number of nitrogens with zero attached hydrogens (tertiary/aromatic N) is 4. The summed E-state index contributed by atoms with van der Waals surface area (Å²) in [6.45, 7) is 13.1. The van der Waals surface area contributed by atoms with Crippen LogP contribution in [0.2, 0.25) is 0 Å². The fourth-order valence-corrected chi connectivity index (χ4v) is 9.27. The highest BCUT2D eigenvalue weighted by molar-refractivity contribution is 6.01. The summed E-state index contributed by atoms with van der Waals surface area (Å²) in [7, 11) is 3.72. The largest absolute Gasteiger partial charge is 0.459 e. The normalized spacial score (nSPS) is 39.1. The van der Waals surface area contributed by atoms with Crippen molar-refractivity contribution < 1.29 is 62.3 Å². The number of ketones is 1. The number of cyclic esters (lactones) is 1. The minimum Gasteiger partial charge on any atom is -0.459 e. The maximum atomic E-state index is 14.5. The smallest absolute Gasteiger partial charge is 0.316 e. The molecule has 61 heavy (non-hydrogen) atoms. The lowest BCUT2D eigenvalue weighted by Gasteiger charge is -2.47. The Morgan fingerprint density at radius 3 is 2.49 bits per heavy atom. The number of nitrogen functional groups attached to an aromatic ring is 1. The average molecular weight is 858 g/mol. The van der Waals surface area contributed by atoms with Crippen LogP contribution in [0.3, 0.4) is 0 Å². The first-order valence-electron chi connectivity index (χ1n) is 21.2. The maximum Gasteiger partial charge on any atom is 0.316 e. The molecule has 0 spiro atoms. The first-order chi connectivity index (χ1) is 28.7. The molecular formula is C43H63N5O13. The van der Waals surface area contributed by atoms with Gasteiger partial charge in [-0.3, -0.25) is 14.4 Å². The molecule has 1 aromatic carbocycles. The fraction of sp³-hybridized carbons (Fsp3) is 0.721. The molecule has 0 aliphatic carbocycles. The van der Waals surface area contributed by atoms with E-state index in [1.165, 1.54) is 13.8 Å². The Labute approximate surface area is 356 Å².